The molecule has 0 aliphatic heterocycles. The summed E-state index contributed by atoms with van der Waals surface area (Å²) >= 11 is 3.55. The summed E-state index contributed by atoms with van der Waals surface area (Å²) < 4.78 is -0.476. The molecule has 0 radical (unpaired) electrons. The summed E-state index contributed by atoms with van der Waals surface area (Å²) in [5.41, 5.74) is 1.85. The maximum atomic E-state index is 12.2. The van der Waals surface area contributed by atoms with Crippen molar-refractivity contribution in [1.29, 1.82) is 0 Å². The van der Waals surface area contributed by atoms with Gasteiger partial charge in [-0.05, 0) is 12.0 Å². The van der Waals surface area contributed by atoms with Crippen molar-refractivity contribution in [2.75, 3.05) is 0 Å². The van der Waals surface area contributed by atoms with Gasteiger partial charge in [-0.25, -0.2) is 0 Å². The second-order valence-corrected chi connectivity index (χ2v) is 5.28. The minimum Gasteiger partial charge on any atom is -0.292 e. The highest BCUT2D eigenvalue weighted by Gasteiger charge is 2.35. The van der Waals surface area contributed by atoms with E-state index in [0.717, 1.165) is 24.0 Å². The van der Waals surface area contributed by atoms with E-state index in [2.05, 4.69) is 22.9 Å². The maximum Gasteiger partial charge on any atom is 0.183 e. The van der Waals surface area contributed by atoms with Crippen molar-refractivity contribution in [2.24, 2.45) is 0 Å². The molecule has 0 aromatic heterocycles. The SMILES string of the molecule is CCCC1(Br)C=Cc2ccccc2C1=O. The number of rotatable bonds is 2. The molecule has 0 amide bonds. The first kappa shape index (κ1) is 10.6. The number of hydrogen-bond donors (Lipinski definition) is 0. The topological polar surface area (TPSA) is 17.1 Å². The number of carbonyl (C=O) groups is 1. The van der Waals surface area contributed by atoms with Gasteiger partial charge in [0.1, 0.15) is 4.32 Å². The van der Waals surface area contributed by atoms with Gasteiger partial charge in [-0.1, -0.05) is 65.7 Å². The average Bonchev–Trinajstić information content (AvgIpc) is 2.25. The Labute approximate surface area is 98.3 Å². The van der Waals surface area contributed by atoms with Crippen LogP contribution in [0.15, 0.2) is 30.3 Å². The molecule has 0 saturated heterocycles. The largest absolute Gasteiger partial charge is 0.292 e. The molecular formula is C13H13BrO. The lowest BCUT2D eigenvalue weighted by molar-refractivity contribution is 0.0960. The minimum atomic E-state index is -0.476. The van der Waals surface area contributed by atoms with Gasteiger partial charge >= 0.3 is 0 Å². The quantitative estimate of drug-likeness (QED) is 0.743. The molecule has 0 fully saturated rings. The van der Waals surface area contributed by atoms with Gasteiger partial charge in [-0.15, -0.1) is 0 Å². The molecule has 1 unspecified atom stereocenters. The van der Waals surface area contributed by atoms with E-state index >= 15 is 0 Å². The lowest BCUT2D eigenvalue weighted by Crippen LogP contribution is -2.32. The fourth-order valence-corrected chi connectivity index (χ4v) is 2.67. The number of allylic oxidation sites excluding steroid dienone is 1. The van der Waals surface area contributed by atoms with E-state index in [0.29, 0.717) is 0 Å². The lowest BCUT2D eigenvalue weighted by Gasteiger charge is -2.26. The molecule has 0 heterocycles. The van der Waals surface area contributed by atoms with Crippen LogP contribution in [0, 0.1) is 0 Å². The van der Waals surface area contributed by atoms with Crippen LogP contribution in [0.3, 0.4) is 0 Å². The standard InChI is InChI=1S/C13H13BrO/c1-2-8-13(14)9-7-10-5-3-4-6-11(10)12(13)15/h3-7,9H,2,8H2,1H3. The Kier molecular flexibility index (Phi) is 2.79. The molecule has 1 aliphatic carbocycles. The molecule has 1 aromatic rings. The Morgan fingerprint density at radius 2 is 2.07 bits per heavy atom. The first-order valence-electron chi connectivity index (χ1n) is 5.19. The Balaban J connectivity index is 2.45. The van der Waals surface area contributed by atoms with Gasteiger partial charge in [-0.3, -0.25) is 4.79 Å². The number of ketones is 1. The van der Waals surface area contributed by atoms with Crippen LogP contribution in [0.2, 0.25) is 0 Å². The number of halogens is 1. The van der Waals surface area contributed by atoms with E-state index in [4.69, 9.17) is 0 Å². The molecule has 1 atom stereocenters. The summed E-state index contributed by atoms with van der Waals surface area (Å²) in [7, 11) is 0. The third kappa shape index (κ3) is 1.78. The van der Waals surface area contributed by atoms with E-state index in [1.54, 1.807) is 0 Å². The van der Waals surface area contributed by atoms with Crippen molar-refractivity contribution in [3.8, 4) is 0 Å². The smallest absolute Gasteiger partial charge is 0.183 e. The number of Topliss-reactive ketones (excluding diaryl/α,β-unsaturated/α-hetero) is 1. The first-order valence-corrected chi connectivity index (χ1v) is 5.98. The number of carbonyl (C=O) groups excluding carboxylic acids is 1. The van der Waals surface area contributed by atoms with Gasteiger partial charge in [0, 0.05) is 5.56 Å². The summed E-state index contributed by atoms with van der Waals surface area (Å²) in [6, 6.07) is 7.74. The van der Waals surface area contributed by atoms with Gasteiger partial charge in [0.25, 0.3) is 0 Å². The first-order chi connectivity index (χ1) is 7.17. The van der Waals surface area contributed by atoms with Crippen LogP contribution in [0.25, 0.3) is 6.08 Å². The van der Waals surface area contributed by atoms with Crippen LogP contribution >= 0.6 is 15.9 Å². The van der Waals surface area contributed by atoms with Crippen molar-refractivity contribution in [3.63, 3.8) is 0 Å². The molecule has 0 bridgehead atoms. The van der Waals surface area contributed by atoms with E-state index in [1.807, 2.05) is 36.4 Å². The van der Waals surface area contributed by atoms with Crippen molar-refractivity contribution >= 4 is 27.8 Å². The molecule has 2 rings (SSSR count). The van der Waals surface area contributed by atoms with Crippen molar-refractivity contribution < 1.29 is 4.79 Å². The number of hydrogen-bond acceptors (Lipinski definition) is 1. The third-order valence-electron chi connectivity index (χ3n) is 2.72. The Bertz CT molecular complexity index is 422. The maximum absolute atomic E-state index is 12.2. The van der Waals surface area contributed by atoms with Crippen molar-refractivity contribution in [3.05, 3.63) is 41.5 Å². The molecular weight excluding hydrogens is 252 g/mol. The number of benzene rings is 1. The summed E-state index contributed by atoms with van der Waals surface area (Å²) in [4.78, 5) is 12.2. The molecule has 1 aromatic carbocycles. The van der Waals surface area contributed by atoms with Crippen molar-refractivity contribution in [1.82, 2.24) is 0 Å². The zero-order chi connectivity index (χ0) is 10.9. The monoisotopic (exact) mass is 264 g/mol. The summed E-state index contributed by atoms with van der Waals surface area (Å²) in [6.45, 7) is 2.09. The van der Waals surface area contributed by atoms with Crippen LogP contribution in [0.5, 0.6) is 0 Å². The van der Waals surface area contributed by atoms with Crippen LogP contribution in [-0.4, -0.2) is 10.1 Å². The fraction of sp³-hybridized carbons (Fsp3) is 0.308. The minimum absolute atomic E-state index is 0.183. The number of alkyl halides is 1. The highest BCUT2D eigenvalue weighted by Crippen LogP contribution is 2.35. The highest BCUT2D eigenvalue weighted by molar-refractivity contribution is 9.10. The average molecular weight is 265 g/mol. The fourth-order valence-electron chi connectivity index (χ4n) is 1.93. The van der Waals surface area contributed by atoms with Gasteiger partial charge in [-0.2, -0.15) is 0 Å². The Morgan fingerprint density at radius 1 is 1.33 bits per heavy atom. The van der Waals surface area contributed by atoms with Gasteiger partial charge in [0.15, 0.2) is 5.78 Å². The van der Waals surface area contributed by atoms with Crippen LogP contribution in [0.4, 0.5) is 0 Å². The molecule has 1 nitrogen and oxygen atoms in total. The zero-order valence-electron chi connectivity index (χ0n) is 8.66. The zero-order valence-corrected chi connectivity index (χ0v) is 10.3. The number of fused-ring (bicyclic) bond motifs is 1. The van der Waals surface area contributed by atoms with Crippen LogP contribution < -0.4 is 0 Å². The molecule has 15 heavy (non-hydrogen) atoms. The highest BCUT2D eigenvalue weighted by atomic mass is 79.9. The third-order valence-corrected chi connectivity index (χ3v) is 3.74. The van der Waals surface area contributed by atoms with Gasteiger partial charge in [0.05, 0.1) is 0 Å². The molecule has 78 valence electrons. The summed E-state index contributed by atoms with van der Waals surface area (Å²) in [6.07, 6.45) is 5.84. The van der Waals surface area contributed by atoms with E-state index in [9.17, 15) is 4.79 Å². The Hall–Kier alpha value is -0.890. The predicted molar refractivity (Wildman–Crippen MR) is 66.4 cm³/mol. The lowest BCUT2D eigenvalue weighted by atomic mass is 9.86. The summed E-state index contributed by atoms with van der Waals surface area (Å²) in [5.74, 6) is 0.183. The van der Waals surface area contributed by atoms with E-state index in [-0.39, 0.29) is 5.78 Å². The molecule has 1 aliphatic rings. The van der Waals surface area contributed by atoms with Gasteiger partial charge in [0.2, 0.25) is 0 Å². The van der Waals surface area contributed by atoms with Crippen LogP contribution in [-0.2, 0) is 0 Å². The molecule has 0 N–H and O–H groups in total. The van der Waals surface area contributed by atoms with E-state index in [1.165, 1.54) is 0 Å². The molecule has 2 heteroatoms. The Morgan fingerprint density at radius 3 is 2.80 bits per heavy atom. The molecule has 0 spiro atoms. The normalized spacial score (nSPS) is 24.0. The second-order valence-electron chi connectivity index (χ2n) is 3.86. The van der Waals surface area contributed by atoms with Crippen LogP contribution in [0.1, 0.15) is 35.7 Å². The van der Waals surface area contributed by atoms with Crippen molar-refractivity contribution in [2.45, 2.75) is 24.1 Å². The second kappa shape index (κ2) is 3.93. The van der Waals surface area contributed by atoms with E-state index < -0.39 is 4.32 Å². The predicted octanol–water partition coefficient (Wildman–Crippen LogP) is 3.83. The van der Waals surface area contributed by atoms with Gasteiger partial charge < -0.3 is 0 Å². The summed E-state index contributed by atoms with van der Waals surface area (Å²) in [5, 5.41) is 0. The molecule has 0 saturated carbocycles.